The molecule has 6 nitrogen and oxygen atoms in total. The minimum atomic E-state index is -0.816. The van der Waals surface area contributed by atoms with Gasteiger partial charge in [-0.2, -0.15) is 0 Å². The van der Waals surface area contributed by atoms with Gasteiger partial charge in [0, 0.05) is 6.61 Å². The van der Waals surface area contributed by atoms with Crippen molar-refractivity contribution in [3.63, 3.8) is 0 Å². The van der Waals surface area contributed by atoms with Crippen LogP contribution in [-0.2, 0) is 23.7 Å². The van der Waals surface area contributed by atoms with Crippen molar-refractivity contribution >= 4 is 5.97 Å². The third kappa shape index (κ3) is 7.60. The van der Waals surface area contributed by atoms with E-state index in [1.165, 1.54) is 0 Å². The molecule has 0 amide bonds. The first kappa shape index (κ1) is 15.4. The molecule has 1 atom stereocenters. The Morgan fingerprint density at radius 2 is 1.33 bits per heavy atom. The number of carbonyl (C=O) groups is 1. The lowest BCUT2D eigenvalue weighted by Crippen LogP contribution is -2.21. The van der Waals surface area contributed by atoms with Crippen molar-refractivity contribution in [2.45, 2.75) is 12.8 Å². The van der Waals surface area contributed by atoms with E-state index in [0.29, 0.717) is 52.7 Å². The van der Waals surface area contributed by atoms with E-state index in [9.17, 15) is 4.79 Å². The van der Waals surface area contributed by atoms with Gasteiger partial charge in [0.15, 0.2) is 0 Å². The zero-order chi connectivity index (χ0) is 13.1. The van der Waals surface area contributed by atoms with E-state index in [0.717, 1.165) is 6.42 Å². The van der Waals surface area contributed by atoms with Crippen LogP contribution in [0.4, 0.5) is 0 Å². The minimum absolute atomic E-state index is 0.231. The summed E-state index contributed by atoms with van der Waals surface area (Å²) in [4.78, 5) is 11.0. The van der Waals surface area contributed by atoms with Crippen molar-refractivity contribution in [1.29, 1.82) is 0 Å². The predicted octanol–water partition coefficient (Wildman–Crippen LogP) is 0.547. The van der Waals surface area contributed by atoms with Gasteiger partial charge < -0.3 is 24.1 Å². The van der Waals surface area contributed by atoms with Gasteiger partial charge in [0.2, 0.25) is 0 Å². The first-order valence-corrected chi connectivity index (χ1v) is 6.34. The zero-order valence-corrected chi connectivity index (χ0v) is 10.6. The van der Waals surface area contributed by atoms with E-state index in [1.54, 1.807) is 0 Å². The highest BCUT2D eigenvalue weighted by Crippen LogP contribution is 2.08. The summed E-state index contributed by atoms with van der Waals surface area (Å²) in [7, 11) is 0. The van der Waals surface area contributed by atoms with Crippen molar-refractivity contribution < 1.29 is 28.8 Å². The maximum Gasteiger partial charge on any atom is 0.308 e. The molecule has 1 aliphatic rings. The first-order valence-electron chi connectivity index (χ1n) is 6.34. The van der Waals surface area contributed by atoms with Crippen molar-refractivity contribution in [1.82, 2.24) is 0 Å². The molecule has 18 heavy (non-hydrogen) atoms. The zero-order valence-electron chi connectivity index (χ0n) is 10.6. The van der Waals surface area contributed by atoms with Gasteiger partial charge in [0.05, 0.1) is 52.2 Å². The smallest absolute Gasteiger partial charge is 0.308 e. The first-order chi connectivity index (χ1) is 8.80. The van der Waals surface area contributed by atoms with Gasteiger partial charge in [-0.05, 0) is 12.8 Å². The molecule has 0 aromatic rings. The van der Waals surface area contributed by atoms with Crippen molar-refractivity contribution in [3.05, 3.63) is 0 Å². The number of hydrogen-bond acceptors (Lipinski definition) is 5. The summed E-state index contributed by atoms with van der Waals surface area (Å²) < 4.78 is 21.2. The number of rotatable bonds is 1. The van der Waals surface area contributed by atoms with Gasteiger partial charge in [-0.1, -0.05) is 0 Å². The maximum atomic E-state index is 11.0. The molecule has 0 spiro atoms. The summed E-state index contributed by atoms with van der Waals surface area (Å²) >= 11 is 0. The van der Waals surface area contributed by atoms with Crippen LogP contribution >= 0.6 is 0 Å². The van der Waals surface area contributed by atoms with E-state index in [2.05, 4.69) is 0 Å². The molecular weight excluding hydrogens is 240 g/mol. The molecule has 1 unspecified atom stereocenters. The SMILES string of the molecule is O=C(O)C1CCCOCCOCCOCCOC1. The molecule has 1 N–H and O–H groups in total. The molecule has 0 aliphatic carbocycles. The van der Waals surface area contributed by atoms with Gasteiger partial charge in [-0.15, -0.1) is 0 Å². The number of aliphatic carboxylic acids is 1. The second-order valence-electron chi connectivity index (χ2n) is 4.09. The van der Waals surface area contributed by atoms with E-state index in [1.807, 2.05) is 0 Å². The van der Waals surface area contributed by atoms with Crippen LogP contribution < -0.4 is 0 Å². The summed E-state index contributed by atoms with van der Waals surface area (Å²) in [5.41, 5.74) is 0. The predicted molar refractivity (Wildman–Crippen MR) is 63.6 cm³/mol. The van der Waals surface area contributed by atoms with Crippen molar-refractivity contribution in [3.8, 4) is 0 Å². The molecule has 1 rings (SSSR count). The highest BCUT2D eigenvalue weighted by Gasteiger charge is 2.17. The van der Waals surface area contributed by atoms with Crippen molar-refractivity contribution in [2.24, 2.45) is 5.92 Å². The Morgan fingerprint density at radius 3 is 1.89 bits per heavy atom. The van der Waals surface area contributed by atoms with Crippen molar-refractivity contribution in [2.75, 3.05) is 52.9 Å². The highest BCUT2D eigenvalue weighted by atomic mass is 16.6. The molecule has 0 radical (unpaired) electrons. The second kappa shape index (κ2) is 10.3. The lowest BCUT2D eigenvalue weighted by Gasteiger charge is -2.12. The molecule has 0 aromatic heterocycles. The van der Waals surface area contributed by atoms with Gasteiger partial charge >= 0.3 is 5.97 Å². The number of ether oxygens (including phenoxy) is 4. The number of carboxylic acids is 1. The summed E-state index contributed by atoms with van der Waals surface area (Å²) in [6.07, 6.45) is 1.29. The fraction of sp³-hybridized carbons (Fsp3) is 0.917. The average molecular weight is 262 g/mol. The normalized spacial score (nSPS) is 25.9. The summed E-state index contributed by atoms with van der Waals surface area (Å²) in [5, 5.41) is 9.02. The lowest BCUT2D eigenvalue weighted by molar-refractivity contribution is -0.144. The molecule has 1 fully saturated rings. The lowest BCUT2D eigenvalue weighted by atomic mass is 10.1. The molecule has 0 aromatic carbocycles. The van der Waals surface area contributed by atoms with Crippen LogP contribution in [0, 0.1) is 5.92 Å². The van der Waals surface area contributed by atoms with Crippen LogP contribution in [0.3, 0.4) is 0 Å². The molecule has 106 valence electrons. The Balaban J connectivity index is 2.26. The molecule has 0 saturated carbocycles. The van der Waals surface area contributed by atoms with Crippen LogP contribution in [0.25, 0.3) is 0 Å². The maximum absolute atomic E-state index is 11.0. The Morgan fingerprint density at radius 1 is 0.833 bits per heavy atom. The quantitative estimate of drug-likeness (QED) is 0.743. The fourth-order valence-corrected chi connectivity index (χ4v) is 1.60. The molecule has 6 heteroatoms. The average Bonchev–Trinajstić information content (AvgIpc) is 2.36. The second-order valence-corrected chi connectivity index (χ2v) is 4.09. The summed E-state index contributed by atoms with van der Waals surface area (Å²) in [5.74, 6) is -1.28. The summed E-state index contributed by atoms with van der Waals surface area (Å²) in [6.45, 7) is 3.81. The molecule has 1 aliphatic heterocycles. The Bertz CT molecular complexity index is 205. The van der Waals surface area contributed by atoms with Crippen LogP contribution in [0.15, 0.2) is 0 Å². The van der Waals surface area contributed by atoms with Gasteiger partial charge in [0.25, 0.3) is 0 Å². The largest absolute Gasteiger partial charge is 0.481 e. The van der Waals surface area contributed by atoms with Gasteiger partial charge in [-0.25, -0.2) is 0 Å². The van der Waals surface area contributed by atoms with E-state index >= 15 is 0 Å². The Kier molecular flexibility index (Phi) is 8.75. The van der Waals surface area contributed by atoms with Gasteiger partial charge in [0.1, 0.15) is 0 Å². The Hall–Kier alpha value is -0.690. The van der Waals surface area contributed by atoms with Crippen LogP contribution in [0.1, 0.15) is 12.8 Å². The van der Waals surface area contributed by atoms with Crippen LogP contribution in [0.5, 0.6) is 0 Å². The third-order valence-electron chi connectivity index (χ3n) is 2.63. The molecule has 1 heterocycles. The van der Waals surface area contributed by atoms with E-state index in [-0.39, 0.29) is 6.61 Å². The standard InChI is InChI=1S/C12H22O6/c13-12(14)11-2-1-3-15-4-5-16-6-7-17-8-9-18-10-11/h11H,1-10H2,(H,13,14). The Labute approximate surface area is 107 Å². The van der Waals surface area contributed by atoms with E-state index < -0.39 is 11.9 Å². The number of hydrogen-bond donors (Lipinski definition) is 1. The molecule has 0 bridgehead atoms. The highest BCUT2D eigenvalue weighted by molar-refractivity contribution is 5.70. The van der Waals surface area contributed by atoms with Gasteiger partial charge in [-0.3, -0.25) is 4.79 Å². The summed E-state index contributed by atoms with van der Waals surface area (Å²) in [6, 6.07) is 0. The fourth-order valence-electron chi connectivity index (χ4n) is 1.60. The molecular formula is C12H22O6. The topological polar surface area (TPSA) is 74.2 Å². The van der Waals surface area contributed by atoms with Crippen LogP contribution in [0.2, 0.25) is 0 Å². The molecule has 1 saturated heterocycles. The minimum Gasteiger partial charge on any atom is -0.481 e. The third-order valence-corrected chi connectivity index (χ3v) is 2.63. The van der Waals surface area contributed by atoms with Crippen LogP contribution in [-0.4, -0.2) is 63.9 Å². The number of carboxylic acid groups (broad SMARTS) is 1. The van der Waals surface area contributed by atoms with E-state index in [4.69, 9.17) is 24.1 Å². The monoisotopic (exact) mass is 262 g/mol.